The van der Waals surface area contributed by atoms with Crippen molar-refractivity contribution in [1.29, 1.82) is 0 Å². The van der Waals surface area contributed by atoms with Crippen molar-refractivity contribution in [2.45, 2.75) is 155 Å². The average molecular weight is 509 g/mol. The summed E-state index contributed by atoms with van der Waals surface area (Å²) in [6, 6.07) is -0.330. The Morgan fingerprint density at radius 1 is 0.750 bits per heavy atom. The van der Waals surface area contributed by atoms with Crippen LogP contribution in [0, 0.1) is 5.92 Å². The second-order valence-electron chi connectivity index (χ2n) is 11.8. The molecule has 0 unspecified atom stereocenters. The monoisotopic (exact) mass is 508 g/mol. The van der Waals surface area contributed by atoms with Gasteiger partial charge in [-0.25, -0.2) is 4.79 Å². The Morgan fingerprint density at radius 2 is 1.19 bits per heavy atom. The summed E-state index contributed by atoms with van der Waals surface area (Å²) in [5.41, 5.74) is -0.587. The van der Waals surface area contributed by atoms with Crippen molar-refractivity contribution in [3.63, 3.8) is 0 Å². The van der Waals surface area contributed by atoms with Gasteiger partial charge in [0.05, 0.1) is 12.0 Å². The summed E-state index contributed by atoms with van der Waals surface area (Å²) in [7, 11) is 0. The van der Waals surface area contributed by atoms with Crippen molar-refractivity contribution in [1.82, 2.24) is 10.2 Å². The lowest BCUT2D eigenvalue weighted by atomic mass is 9.94. The summed E-state index contributed by atoms with van der Waals surface area (Å²) < 4.78 is 5.46. The molecule has 36 heavy (non-hydrogen) atoms. The quantitative estimate of drug-likeness (QED) is 0.182. The zero-order valence-corrected chi connectivity index (χ0v) is 24.2. The lowest BCUT2D eigenvalue weighted by Crippen LogP contribution is -2.42. The van der Waals surface area contributed by atoms with E-state index in [0.717, 1.165) is 12.8 Å². The van der Waals surface area contributed by atoms with E-state index in [0.29, 0.717) is 19.5 Å². The zero-order chi connectivity index (χ0) is 26.8. The SMILES string of the molecule is CCCCCCCCCCCCCCCCCCC(=O)[C@@H]1CN(C(=O)OC(C)(C)C)C[C@H]1NC(C)=O. The van der Waals surface area contributed by atoms with Gasteiger partial charge in [-0.15, -0.1) is 0 Å². The first-order chi connectivity index (χ1) is 17.1. The van der Waals surface area contributed by atoms with Gasteiger partial charge in [0.15, 0.2) is 0 Å². The van der Waals surface area contributed by atoms with Crippen LogP contribution in [0.3, 0.4) is 0 Å². The minimum atomic E-state index is -0.587. The van der Waals surface area contributed by atoms with Gasteiger partial charge in [0.25, 0.3) is 0 Å². The molecule has 0 bridgehead atoms. The molecule has 1 saturated heterocycles. The van der Waals surface area contributed by atoms with E-state index in [9.17, 15) is 14.4 Å². The summed E-state index contributed by atoms with van der Waals surface area (Å²) in [5.74, 6) is -0.380. The normalized spacial score (nSPS) is 17.9. The third-order valence-corrected chi connectivity index (χ3v) is 7.05. The van der Waals surface area contributed by atoms with E-state index >= 15 is 0 Å². The van der Waals surface area contributed by atoms with Crippen molar-refractivity contribution in [2.24, 2.45) is 5.92 Å². The molecule has 0 saturated carbocycles. The second-order valence-corrected chi connectivity index (χ2v) is 11.8. The summed E-state index contributed by atoms with van der Waals surface area (Å²) in [6.07, 6.45) is 21.0. The summed E-state index contributed by atoms with van der Waals surface area (Å²) in [4.78, 5) is 38.6. The molecular weight excluding hydrogens is 452 g/mol. The van der Waals surface area contributed by atoms with E-state index in [-0.39, 0.29) is 23.7 Å². The van der Waals surface area contributed by atoms with Gasteiger partial charge >= 0.3 is 6.09 Å². The Labute approximate surface area is 221 Å². The molecule has 2 amide bonds. The maximum absolute atomic E-state index is 12.9. The standard InChI is InChI=1S/C30H56N2O4/c1-6-7-8-9-10-11-12-13-14-15-16-17-18-19-20-21-22-28(34)26-23-32(24-27(26)31-25(2)33)29(35)36-30(3,4)5/h26-27H,6-24H2,1-5H3,(H,31,33)/t26-,27-/m1/s1. The van der Waals surface area contributed by atoms with Gasteiger partial charge in [0.1, 0.15) is 11.4 Å². The number of nitrogens with zero attached hydrogens (tertiary/aromatic N) is 1. The van der Waals surface area contributed by atoms with Crippen molar-refractivity contribution in [3.05, 3.63) is 0 Å². The number of carbonyl (C=O) groups is 3. The fourth-order valence-corrected chi connectivity index (χ4v) is 5.05. The highest BCUT2D eigenvalue weighted by atomic mass is 16.6. The van der Waals surface area contributed by atoms with Crippen molar-refractivity contribution in [3.8, 4) is 0 Å². The number of hydrogen-bond donors (Lipinski definition) is 1. The van der Waals surface area contributed by atoms with Crippen LogP contribution in [0.5, 0.6) is 0 Å². The molecule has 1 heterocycles. The minimum Gasteiger partial charge on any atom is -0.444 e. The lowest BCUT2D eigenvalue weighted by molar-refractivity contribution is -0.124. The van der Waals surface area contributed by atoms with Gasteiger partial charge in [-0.3, -0.25) is 9.59 Å². The van der Waals surface area contributed by atoms with Crippen LogP contribution in [0.15, 0.2) is 0 Å². The number of ether oxygens (including phenoxy) is 1. The first-order valence-corrected chi connectivity index (χ1v) is 14.9. The average Bonchev–Trinajstić information content (AvgIpc) is 3.21. The van der Waals surface area contributed by atoms with E-state index in [1.807, 2.05) is 20.8 Å². The fourth-order valence-electron chi connectivity index (χ4n) is 5.05. The van der Waals surface area contributed by atoms with Gasteiger partial charge in [0.2, 0.25) is 5.91 Å². The number of carbonyl (C=O) groups excluding carboxylic acids is 3. The molecule has 0 spiro atoms. The Balaban J connectivity index is 2.13. The van der Waals surface area contributed by atoms with Gasteiger partial charge < -0.3 is 15.0 Å². The van der Waals surface area contributed by atoms with Crippen LogP contribution in [0.4, 0.5) is 4.79 Å². The second kappa shape index (κ2) is 18.6. The van der Waals surface area contributed by atoms with E-state index in [2.05, 4.69) is 12.2 Å². The molecule has 2 atom stereocenters. The van der Waals surface area contributed by atoms with Gasteiger partial charge in [-0.05, 0) is 27.2 Å². The van der Waals surface area contributed by atoms with E-state index in [1.54, 1.807) is 4.90 Å². The minimum absolute atomic E-state index is 0.144. The molecule has 0 aromatic carbocycles. The molecule has 0 aromatic heterocycles. The molecule has 1 fully saturated rings. The number of likely N-dealkylation sites (tertiary alicyclic amines) is 1. The van der Waals surface area contributed by atoms with E-state index < -0.39 is 11.7 Å². The Morgan fingerprint density at radius 3 is 1.61 bits per heavy atom. The molecule has 210 valence electrons. The highest BCUT2D eigenvalue weighted by Crippen LogP contribution is 2.23. The maximum atomic E-state index is 12.9. The smallest absolute Gasteiger partial charge is 0.410 e. The zero-order valence-electron chi connectivity index (χ0n) is 24.2. The van der Waals surface area contributed by atoms with Gasteiger partial charge in [-0.2, -0.15) is 0 Å². The number of amides is 2. The largest absolute Gasteiger partial charge is 0.444 e. The van der Waals surface area contributed by atoms with Crippen LogP contribution in [-0.2, 0) is 14.3 Å². The lowest BCUT2D eigenvalue weighted by Gasteiger charge is -2.24. The molecule has 0 radical (unpaired) electrons. The van der Waals surface area contributed by atoms with Gasteiger partial charge in [0, 0.05) is 26.4 Å². The predicted molar refractivity (Wildman–Crippen MR) is 148 cm³/mol. The molecule has 6 heteroatoms. The molecule has 0 aromatic rings. The molecule has 1 aliphatic rings. The van der Waals surface area contributed by atoms with Gasteiger partial charge in [-0.1, -0.05) is 103 Å². The number of ketones is 1. The first-order valence-electron chi connectivity index (χ1n) is 14.9. The van der Waals surface area contributed by atoms with E-state index in [4.69, 9.17) is 4.74 Å². The number of rotatable bonds is 19. The molecular formula is C30H56N2O4. The summed E-state index contributed by atoms with van der Waals surface area (Å²) >= 11 is 0. The third-order valence-electron chi connectivity index (χ3n) is 7.05. The molecule has 1 N–H and O–H groups in total. The van der Waals surface area contributed by atoms with Crippen LogP contribution in [0.1, 0.15) is 144 Å². The Kier molecular flexibility index (Phi) is 16.8. The van der Waals surface area contributed by atoms with Crippen LogP contribution in [-0.4, -0.2) is 47.4 Å². The van der Waals surface area contributed by atoms with Crippen LogP contribution >= 0.6 is 0 Å². The highest BCUT2D eigenvalue weighted by Gasteiger charge is 2.40. The third kappa shape index (κ3) is 15.5. The summed E-state index contributed by atoms with van der Waals surface area (Å²) in [5, 5.41) is 2.87. The summed E-state index contributed by atoms with van der Waals surface area (Å²) in [6.45, 7) is 9.84. The number of unbranched alkanes of at least 4 members (excludes halogenated alkanes) is 15. The highest BCUT2D eigenvalue weighted by molar-refractivity contribution is 5.84. The fraction of sp³-hybridized carbons (Fsp3) is 0.900. The Hall–Kier alpha value is -1.59. The maximum Gasteiger partial charge on any atom is 0.410 e. The molecule has 1 rings (SSSR count). The number of Topliss-reactive ketones (excluding diaryl/α,β-unsaturated/α-hetero) is 1. The van der Waals surface area contributed by atoms with E-state index in [1.165, 1.54) is 96.8 Å². The molecule has 1 aliphatic heterocycles. The number of hydrogen-bond acceptors (Lipinski definition) is 4. The molecule has 6 nitrogen and oxygen atoms in total. The predicted octanol–water partition coefficient (Wildman–Crippen LogP) is 7.58. The van der Waals surface area contributed by atoms with Crippen molar-refractivity contribution < 1.29 is 19.1 Å². The topological polar surface area (TPSA) is 75.7 Å². The Bertz CT molecular complexity index is 629. The number of nitrogens with one attached hydrogen (secondary N) is 1. The first kappa shape index (κ1) is 32.4. The van der Waals surface area contributed by atoms with Crippen molar-refractivity contribution in [2.75, 3.05) is 13.1 Å². The van der Waals surface area contributed by atoms with Crippen LogP contribution in [0.25, 0.3) is 0 Å². The molecule has 0 aliphatic carbocycles. The van der Waals surface area contributed by atoms with Crippen molar-refractivity contribution >= 4 is 17.8 Å². The van der Waals surface area contributed by atoms with Crippen LogP contribution in [0.2, 0.25) is 0 Å². The van der Waals surface area contributed by atoms with Crippen LogP contribution < -0.4 is 5.32 Å².